The number of piperazine rings is 1. The quantitative estimate of drug-likeness (QED) is 0.586. The predicted octanol–water partition coefficient (Wildman–Crippen LogP) is 3.21. The fraction of sp³-hybridized carbons (Fsp3) is 0.391. The predicted molar refractivity (Wildman–Crippen MR) is 122 cm³/mol. The summed E-state index contributed by atoms with van der Waals surface area (Å²) in [6, 6.07) is 10.9. The Balaban J connectivity index is 1.61. The summed E-state index contributed by atoms with van der Waals surface area (Å²) >= 11 is 0. The van der Waals surface area contributed by atoms with Gasteiger partial charge in [-0.1, -0.05) is 0 Å². The summed E-state index contributed by atoms with van der Waals surface area (Å²) in [6.45, 7) is 5.72. The van der Waals surface area contributed by atoms with Crippen LogP contribution in [0.2, 0.25) is 0 Å². The lowest BCUT2D eigenvalue weighted by Gasteiger charge is -2.28. The number of hydrogen-bond donors (Lipinski definition) is 2. The highest BCUT2D eigenvalue weighted by molar-refractivity contribution is 5.93. The van der Waals surface area contributed by atoms with Crippen molar-refractivity contribution in [1.82, 2.24) is 20.2 Å². The van der Waals surface area contributed by atoms with Crippen LogP contribution in [0.25, 0.3) is 22.2 Å². The minimum absolute atomic E-state index is 0.280. The van der Waals surface area contributed by atoms with Gasteiger partial charge in [-0.3, -0.25) is 0 Å². The van der Waals surface area contributed by atoms with E-state index in [1.54, 1.807) is 6.07 Å². The smallest absolute Gasteiger partial charge is 0.128 e. The Morgan fingerprint density at radius 2 is 1.97 bits per heavy atom. The normalized spacial score (nSPS) is 14.5. The van der Waals surface area contributed by atoms with Gasteiger partial charge >= 0.3 is 0 Å². The summed E-state index contributed by atoms with van der Waals surface area (Å²) in [6.07, 6.45) is 2.88. The summed E-state index contributed by atoms with van der Waals surface area (Å²) in [5, 5.41) is 7.79. The van der Waals surface area contributed by atoms with E-state index in [2.05, 4.69) is 39.5 Å². The van der Waals surface area contributed by atoms with Gasteiger partial charge in [0.05, 0.1) is 11.2 Å². The number of fused-ring (bicyclic) bond motifs is 1. The first-order chi connectivity index (χ1) is 14.6. The van der Waals surface area contributed by atoms with Crippen molar-refractivity contribution in [3.8, 4) is 11.3 Å². The zero-order chi connectivity index (χ0) is 20.9. The van der Waals surface area contributed by atoms with Crippen LogP contribution in [0.3, 0.4) is 0 Å². The van der Waals surface area contributed by atoms with Crippen molar-refractivity contribution in [2.75, 3.05) is 63.6 Å². The molecular weight excluding hydrogens is 379 g/mol. The largest absolute Gasteiger partial charge is 0.384 e. The molecule has 1 aromatic carbocycles. The average Bonchev–Trinajstić information content (AvgIpc) is 2.76. The van der Waals surface area contributed by atoms with Crippen molar-refractivity contribution in [3.63, 3.8) is 0 Å². The number of rotatable bonds is 7. The maximum Gasteiger partial charge on any atom is 0.128 e. The Hall–Kier alpha value is -2.77. The fourth-order valence-electron chi connectivity index (χ4n) is 3.73. The van der Waals surface area contributed by atoms with E-state index in [1.807, 2.05) is 24.4 Å². The molecule has 0 unspecified atom stereocenters. The van der Waals surface area contributed by atoms with Crippen LogP contribution >= 0.6 is 0 Å². The minimum Gasteiger partial charge on any atom is -0.384 e. The van der Waals surface area contributed by atoms with Crippen LogP contribution in [-0.2, 0) is 0 Å². The standard InChI is InChI=1S/C23H29FN6/c1-29(2)11-3-8-26-21-15-20(28-22-14-18(24)5-6-19(21)22)17-4-7-23(27-16-17)30-12-9-25-10-13-30/h4-7,14-16,25H,3,8-13H2,1-2H3,(H,26,28). The summed E-state index contributed by atoms with van der Waals surface area (Å²) in [5.41, 5.74) is 3.34. The van der Waals surface area contributed by atoms with Gasteiger partial charge in [0.1, 0.15) is 11.6 Å². The topological polar surface area (TPSA) is 56.3 Å². The maximum atomic E-state index is 13.9. The molecule has 3 aromatic rings. The number of anilines is 2. The number of pyridine rings is 2. The highest BCUT2D eigenvalue weighted by Crippen LogP contribution is 2.29. The molecule has 6 nitrogen and oxygen atoms in total. The zero-order valence-corrected chi connectivity index (χ0v) is 17.7. The van der Waals surface area contributed by atoms with Gasteiger partial charge in [-0.15, -0.1) is 0 Å². The van der Waals surface area contributed by atoms with E-state index < -0.39 is 0 Å². The number of aromatic nitrogens is 2. The Morgan fingerprint density at radius 1 is 1.13 bits per heavy atom. The van der Waals surface area contributed by atoms with Crippen LogP contribution in [0.1, 0.15) is 6.42 Å². The van der Waals surface area contributed by atoms with E-state index >= 15 is 0 Å². The number of nitrogens with zero attached hydrogens (tertiary/aromatic N) is 4. The zero-order valence-electron chi connectivity index (χ0n) is 17.7. The average molecular weight is 409 g/mol. The molecule has 0 radical (unpaired) electrons. The van der Waals surface area contributed by atoms with Crippen molar-refractivity contribution in [3.05, 3.63) is 48.4 Å². The molecule has 2 aromatic heterocycles. The highest BCUT2D eigenvalue weighted by Gasteiger charge is 2.13. The lowest BCUT2D eigenvalue weighted by Crippen LogP contribution is -2.43. The van der Waals surface area contributed by atoms with Gasteiger partial charge in [0, 0.05) is 61.6 Å². The molecule has 30 heavy (non-hydrogen) atoms. The molecule has 3 heterocycles. The number of nitrogens with one attached hydrogen (secondary N) is 2. The van der Waals surface area contributed by atoms with Crippen molar-refractivity contribution >= 4 is 22.4 Å². The molecule has 0 atom stereocenters. The van der Waals surface area contributed by atoms with E-state index in [0.29, 0.717) is 5.52 Å². The van der Waals surface area contributed by atoms with Gasteiger partial charge in [-0.25, -0.2) is 14.4 Å². The van der Waals surface area contributed by atoms with Crippen molar-refractivity contribution in [2.45, 2.75) is 6.42 Å². The lowest BCUT2D eigenvalue weighted by molar-refractivity contribution is 0.405. The van der Waals surface area contributed by atoms with E-state index in [4.69, 9.17) is 4.98 Å². The molecule has 0 bridgehead atoms. The molecular formula is C23H29FN6. The second-order valence-corrected chi connectivity index (χ2v) is 7.94. The van der Waals surface area contributed by atoms with Crippen LogP contribution < -0.4 is 15.5 Å². The Kier molecular flexibility index (Phi) is 6.40. The fourth-order valence-corrected chi connectivity index (χ4v) is 3.73. The van der Waals surface area contributed by atoms with E-state index in [0.717, 1.165) is 73.8 Å². The first-order valence-electron chi connectivity index (χ1n) is 10.5. The van der Waals surface area contributed by atoms with Crippen molar-refractivity contribution < 1.29 is 4.39 Å². The monoisotopic (exact) mass is 408 g/mol. The second kappa shape index (κ2) is 9.36. The number of halogens is 1. The van der Waals surface area contributed by atoms with E-state index in [1.165, 1.54) is 12.1 Å². The minimum atomic E-state index is -0.280. The third-order valence-corrected chi connectivity index (χ3v) is 5.35. The van der Waals surface area contributed by atoms with Gasteiger partial charge in [0.25, 0.3) is 0 Å². The maximum absolute atomic E-state index is 13.9. The first kappa shape index (κ1) is 20.5. The first-order valence-corrected chi connectivity index (χ1v) is 10.5. The molecule has 2 N–H and O–H groups in total. The summed E-state index contributed by atoms with van der Waals surface area (Å²) in [7, 11) is 4.14. The molecule has 1 saturated heterocycles. The van der Waals surface area contributed by atoms with E-state index in [9.17, 15) is 4.39 Å². The van der Waals surface area contributed by atoms with Crippen molar-refractivity contribution in [2.24, 2.45) is 0 Å². The van der Waals surface area contributed by atoms with Gasteiger partial charge in [0.15, 0.2) is 0 Å². The highest BCUT2D eigenvalue weighted by atomic mass is 19.1. The van der Waals surface area contributed by atoms with E-state index in [-0.39, 0.29) is 5.82 Å². The van der Waals surface area contributed by atoms with Gasteiger partial charge in [-0.05, 0) is 57.4 Å². The Labute approximate surface area is 177 Å². The number of hydrogen-bond acceptors (Lipinski definition) is 6. The van der Waals surface area contributed by atoms with Gasteiger partial charge in [0.2, 0.25) is 0 Å². The Morgan fingerprint density at radius 3 is 2.70 bits per heavy atom. The molecule has 158 valence electrons. The third-order valence-electron chi connectivity index (χ3n) is 5.35. The van der Waals surface area contributed by atoms with Crippen molar-refractivity contribution in [1.29, 1.82) is 0 Å². The van der Waals surface area contributed by atoms with Crippen LogP contribution in [-0.4, -0.2) is 68.2 Å². The molecule has 1 aliphatic heterocycles. The van der Waals surface area contributed by atoms with Crippen LogP contribution in [0.15, 0.2) is 42.6 Å². The molecule has 4 rings (SSSR count). The molecule has 1 aliphatic rings. The molecule has 0 spiro atoms. The number of benzene rings is 1. The van der Waals surface area contributed by atoms with Crippen LogP contribution in [0, 0.1) is 5.82 Å². The third kappa shape index (κ3) is 4.86. The molecule has 7 heteroatoms. The Bertz CT molecular complexity index is 983. The molecule has 0 saturated carbocycles. The van der Waals surface area contributed by atoms with Crippen LogP contribution in [0.5, 0.6) is 0 Å². The molecule has 1 fully saturated rings. The summed E-state index contributed by atoms with van der Waals surface area (Å²) < 4.78 is 13.9. The molecule has 0 aliphatic carbocycles. The second-order valence-electron chi connectivity index (χ2n) is 7.94. The van der Waals surface area contributed by atoms with Gasteiger partial charge in [-0.2, -0.15) is 0 Å². The molecule has 0 amide bonds. The summed E-state index contributed by atoms with van der Waals surface area (Å²) in [5.74, 6) is 0.701. The SMILES string of the molecule is CN(C)CCCNc1cc(-c2ccc(N3CCNCC3)nc2)nc2cc(F)ccc12. The lowest BCUT2D eigenvalue weighted by atomic mass is 10.1. The van der Waals surface area contributed by atoms with Crippen LogP contribution in [0.4, 0.5) is 15.9 Å². The summed E-state index contributed by atoms with van der Waals surface area (Å²) in [4.78, 5) is 13.8. The van der Waals surface area contributed by atoms with Gasteiger partial charge < -0.3 is 20.4 Å².